The van der Waals surface area contributed by atoms with Crippen LogP contribution in [0.15, 0.2) is 12.1 Å². The largest absolute Gasteiger partial charge is 0.339 e. The lowest BCUT2D eigenvalue weighted by atomic mass is 10.1. The number of halogens is 3. The minimum absolute atomic E-state index is 0.383. The Morgan fingerprint density at radius 2 is 1.27 bits per heavy atom. The SMILES string of the molecule is CCCCCCCN(CCCCCCC)C(=O)c1ccc(F)c(F)c1F. The normalized spacial score (nSPS) is 11.0. The zero-order chi connectivity index (χ0) is 19.4. The molecule has 0 aliphatic heterocycles. The first kappa shape index (κ1) is 22.5. The summed E-state index contributed by atoms with van der Waals surface area (Å²) in [4.78, 5) is 14.3. The highest BCUT2D eigenvalue weighted by Crippen LogP contribution is 2.18. The number of benzene rings is 1. The van der Waals surface area contributed by atoms with Crippen LogP contribution in [-0.4, -0.2) is 23.9 Å². The summed E-state index contributed by atoms with van der Waals surface area (Å²) in [6.45, 7) is 5.32. The number of carbonyl (C=O) groups is 1. The van der Waals surface area contributed by atoms with Crippen molar-refractivity contribution in [3.05, 3.63) is 35.1 Å². The van der Waals surface area contributed by atoms with Gasteiger partial charge in [-0.25, -0.2) is 13.2 Å². The van der Waals surface area contributed by atoms with E-state index in [0.29, 0.717) is 13.1 Å². The van der Waals surface area contributed by atoms with Gasteiger partial charge in [0.1, 0.15) is 0 Å². The minimum atomic E-state index is -1.58. The molecule has 0 atom stereocenters. The van der Waals surface area contributed by atoms with Gasteiger partial charge in [0.25, 0.3) is 5.91 Å². The summed E-state index contributed by atoms with van der Waals surface area (Å²) in [6.07, 6.45) is 10.5. The van der Waals surface area contributed by atoms with Gasteiger partial charge in [-0.05, 0) is 25.0 Å². The second-order valence-electron chi connectivity index (χ2n) is 6.84. The fourth-order valence-electron chi connectivity index (χ4n) is 2.99. The highest BCUT2D eigenvalue weighted by molar-refractivity contribution is 5.94. The van der Waals surface area contributed by atoms with E-state index in [-0.39, 0.29) is 5.56 Å². The van der Waals surface area contributed by atoms with Gasteiger partial charge in [0.2, 0.25) is 0 Å². The molecule has 0 unspecified atom stereocenters. The molecule has 0 spiro atoms. The molecule has 2 nitrogen and oxygen atoms in total. The van der Waals surface area contributed by atoms with Crippen LogP contribution in [0.2, 0.25) is 0 Å². The number of nitrogens with zero attached hydrogens (tertiary/aromatic N) is 1. The monoisotopic (exact) mass is 371 g/mol. The van der Waals surface area contributed by atoms with Crippen molar-refractivity contribution in [1.29, 1.82) is 0 Å². The van der Waals surface area contributed by atoms with Crippen molar-refractivity contribution in [2.45, 2.75) is 78.1 Å². The maximum atomic E-state index is 14.0. The Morgan fingerprint density at radius 1 is 0.769 bits per heavy atom. The molecule has 0 saturated heterocycles. The number of unbranched alkanes of at least 4 members (excludes halogenated alkanes) is 8. The van der Waals surface area contributed by atoms with Crippen LogP contribution in [0.5, 0.6) is 0 Å². The third kappa shape index (κ3) is 7.38. The van der Waals surface area contributed by atoms with Crippen LogP contribution in [0, 0.1) is 17.5 Å². The fourth-order valence-corrected chi connectivity index (χ4v) is 2.99. The number of hydrogen-bond donors (Lipinski definition) is 0. The number of carbonyl (C=O) groups excluding carboxylic acids is 1. The van der Waals surface area contributed by atoms with E-state index in [2.05, 4.69) is 13.8 Å². The third-order valence-corrected chi connectivity index (χ3v) is 4.62. The Kier molecular flexibility index (Phi) is 11.1. The molecule has 0 heterocycles. The molecule has 1 amide bonds. The molecule has 0 aromatic heterocycles. The first-order chi connectivity index (χ1) is 12.5. The molecular weight excluding hydrogens is 339 g/mol. The fraction of sp³-hybridized carbons (Fsp3) is 0.667. The Bertz CT molecular complexity index is 534. The lowest BCUT2D eigenvalue weighted by Gasteiger charge is -2.23. The van der Waals surface area contributed by atoms with E-state index in [1.165, 1.54) is 0 Å². The molecule has 0 aliphatic carbocycles. The van der Waals surface area contributed by atoms with Gasteiger partial charge in [0.05, 0.1) is 5.56 Å². The average Bonchev–Trinajstić information content (AvgIpc) is 2.63. The Morgan fingerprint density at radius 3 is 1.77 bits per heavy atom. The van der Waals surface area contributed by atoms with Crippen LogP contribution in [0.4, 0.5) is 13.2 Å². The summed E-state index contributed by atoms with van der Waals surface area (Å²) >= 11 is 0. The lowest BCUT2D eigenvalue weighted by Crippen LogP contribution is -2.34. The molecule has 5 heteroatoms. The summed E-state index contributed by atoms with van der Waals surface area (Å²) in [5.41, 5.74) is -0.383. The predicted molar refractivity (Wildman–Crippen MR) is 99.7 cm³/mol. The van der Waals surface area contributed by atoms with Crippen LogP contribution in [0.3, 0.4) is 0 Å². The lowest BCUT2D eigenvalue weighted by molar-refractivity contribution is 0.0743. The number of hydrogen-bond acceptors (Lipinski definition) is 1. The van der Waals surface area contributed by atoms with Crippen molar-refractivity contribution >= 4 is 5.91 Å². The summed E-state index contributed by atoms with van der Waals surface area (Å²) in [6, 6.07) is 1.85. The molecular formula is C21H32F3NO. The maximum Gasteiger partial charge on any atom is 0.256 e. The van der Waals surface area contributed by atoms with Gasteiger partial charge in [-0.2, -0.15) is 0 Å². The van der Waals surface area contributed by atoms with Crippen LogP contribution >= 0.6 is 0 Å². The topological polar surface area (TPSA) is 20.3 Å². The van der Waals surface area contributed by atoms with Gasteiger partial charge < -0.3 is 4.90 Å². The van der Waals surface area contributed by atoms with E-state index in [9.17, 15) is 18.0 Å². The number of amides is 1. The zero-order valence-electron chi connectivity index (χ0n) is 16.1. The molecule has 0 bridgehead atoms. The van der Waals surface area contributed by atoms with Gasteiger partial charge in [-0.15, -0.1) is 0 Å². The quantitative estimate of drug-likeness (QED) is 0.287. The molecule has 1 aromatic rings. The van der Waals surface area contributed by atoms with Gasteiger partial charge >= 0.3 is 0 Å². The van der Waals surface area contributed by atoms with Crippen LogP contribution in [0.1, 0.15) is 88.4 Å². The molecule has 0 N–H and O–H groups in total. The smallest absolute Gasteiger partial charge is 0.256 e. The van der Waals surface area contributed by atoms with Gasteiger partial charge in [-0.1, -0.05) is 65.2 Å². The predicted octanol–water partition coefficient (Wildman–Crippen LogP) is 6.49. The molecule has 0 radical (unpaired) electrons. The summed E-state index contributed by atoms with van der Waals surface area (Å²) in [5, 5.41) is 0. The first-order valence-corrected chi connectivity index (χ1v) is 9.95. The van der Waals surface area contributed by atoms with E-state index in [0.717, 1.165) is 76.3 Å². The molecule has 0 saturated carbocycles. The highest BCUT2D eigenvalue weighted by Gasteiger charge is 2.23. The Labute approximate surface area is 155 Å². The standard InChI is InChI=1S/C21H32F3NO/c1-3-5-7-9-11-15-25(16-12-10-8-6-4-2)21(26)17-13-14-18(22)20(24)19(17)23/h13-14H,3-12,15-16H2,1-2H3. The summed E-state index contributed by atoms with van der Waals surface area (Å²) in [5.74, 6) is -4.80. The van der Waals surface area contributed by atoms with E-state index in [1.54, 1.807) is 4.90 Å². The highest BCUT2D eigenvalue weighted by atomic mass is 19.2. The van der Waals surface area contributed by atoms with Crippen LogP contribution in [-0.2, 0) is 0 Å². The van der Waals surface area contributed by atoms with Gasteiger partial charge in [0.15, 0.2) is 17.5 Å². The van der Waals surface area contributed by atoms with Crippen molar-refractivity contribution in [3.63, 3.8) is 0 Å². The second kappa shape index (κ2) is 12.8. The molecule has 148 valence electrons. The molecule has 1 rings (SSSR count). The van der Waals surface area contributed by atoms with E-state index in [1.807, 2.05) is 0 Å². The van der Waals surface area contributed by atoms with E-state index < -0.39 is 23.4 Å². The molecule has 26 heavy (non-hydrogen) atoms. The second-order valence-corrected chi connectivity index (χ2v) is 6.84. The van der Waals surface area contributed by atoms with Crippen LogP contribution in [0.25, 0.3) is 0 Å². The van der Waals surface area contributed by atoms with Crippen molar-refractivity contribution in [1.82, 2.24) is 4.90 Å². The Hall–Kier alpha value is -1.52. The van der Waals surface area contributed by atoms with E-state index in [4.69, 9.17) is 0 Å². The third-order valence-electron chi connectivity index (χ3n) is 4.62. The van der Waals surface area contributed by atoms with Gasteiger partial charge in [-0.3, -0.25) is 4.79 Å². The average molecular weight is 371 g/mol. The van der Waals surface area contributed by atoms with Gasteiger partial charge in [0, 0.05) is 13.1 Å². The van der Waals surface area contributed by atoms with Crippen molar-refractivity contribution in [2.75, 3.05) is 13.1 Å². The summed E-state index contributed by atoms with van der Waals surface area (Å²) in [7, 11) is 0. The Balaban J connectivity index is 2.71. The van der Waals surface area contributed by atoms with Crippen molar-refractivity contribution < 1.29 is 18.0 Å². The zero-order valence-corrected chi connectivity index (χ0v) is 16.1. The summed E-state index contributed by atoms with van der Waals surface area (Å²) < 4.78 is 40.6. The molecule has 0 fully saturated rings. The van der Waals surface area contributed by atoms with Crippen LogP contribution < -0.4 is 0 Å². The van der Waals surface area contributed by atoms with Crippen molar-refractivity contribution in [2.24, 2.45) is 0 Å². The van der Waals surface area contributed by atoms with Crippen molar-refractivity contribution in [3.8, 4) is 0 Å². The first-order valence-electron chi connectivity index (χ1n) is 9.95. The maximum absolute atomic E-state index is 14.0. The molecule has 0 aliphatic rings. The minimum Gasteiger partial charge on any atom is -0.339 e. The van der Waals surface area contributed by atoms with E-state index >= 15 is 0 Å². The molecule has 1 aromatic carbocycles. The number of rotatable bonds is 13.